The molecule has 0 saturated carbocycles. The Morgan fingerprint density at radius 3 is 2.52 bits per heavy atom. The van der Waals surface area contributed by atoms with E-state index in [4.69, 9.17) is 20.6 Å². The standard InChI is InChI=1S/C22H27FN6O4/c1-28(2)22(31)29-8-6-16(7-9-29)33-21-26-11-15(12-27-21)17-5-3-4-14(20(17)23)13-32-19(30)10-18(24)25/h3-5,11-12,16H,6-10,13H2,1-2H3,(H3,24,25). The van der Waals surface area contributed by atoms with Crippen molar-refractivity contribution < 1.29 is 23.5 Å². The number of hydrogen-bond acceptors (Lipinski definition) is 7. The van der Waals surface area contributed by atoms with E-state index in [1.165, 1.54) is 18.5 Å². The molecule has 0 atom stereocenters. The van der Waals surface area contributed by atoms with E-state index in [0.717, 1.165) is 0 Å². The molecule has 1 aromatic heterocycles. The van der Waals surface area contributed by atoms with E-state index < -0.39 is 11.8 Å². The summed E-state index contributed by atoms with van der Waals surface area (Å²) in [6.45, 7) is 0.909. The van der Waals surface area contributed by atoms with Crippen molar-refractivity contribution in [3.8, 4) is 17.1 Å². The van der Waals surface area contributed by atoms with E-state index in [1.807, 2.05) is 0 Å². The first kappa shape index (κ1) is 23.9. The lowest BCUT2D eigenvalue weighted by Crippen LogP contribution is -2.46. The molecular weight excluding hydrogens is 431 g/mol. The van der Waals surface area contributed by atoms with E-state index in [0.29, 0.717) is 31.5 Å². The molecule has 1 aliphatic rings. The zero-order chi connectivity index (χ0) is 24.0. The third-order valence-corrected chi connectivity index (χ3v) is 5.11. The van der Waals surface area contributed by atoms with Crippen LogP contribution in [-0.4, -0.2) is 70.9 Å². The maximum atomic E-state index is 14.9. The first-order valence-corrected chi connectivity index (χ1v) is 10.5. The molecule has 1 fully saturated rings. The summed E-state index contributed by atoms with van der Waals surface area (Å²) in [5.74, 6) is -1.57. The van der Waals surface area contributed by atoms with Gasteiger partial charge in [-0.15, -0.1) is 0 Å². The fourth-order valence-corrected chi connectivity index (χ4v) is 3.39. The number of hydrogen-bond donors (Lipinski definition) is 2. The Kier molecular flexibility index (Phi) is 7.75. The van der Waals surface area contributed by atoms with Crippen LogP contribution in [0.1, 0.15) is 24.8 Å². The van der Waals surface area contributed by atoms with Crippen LogP contribution in [0, 0.1) is 11.2 Å². The molecule has 1 aromatic carbocycles. The molecule has 3 N–H and O–H groups in total. The number of piperidine rings is 1. The molecule has 0 bridgehead atoms. The molecule has 0 spiro atoms. The molecule has 0 radical (unpaired) electrons. The summed E-state index contributed by atoms with van der Waals surface area (Å²) in [7, 11) is 3.44. The second-order valence-electron chi connectivity index (χ2n) is 7.88. The number of amides is 2. The topological polar surface area (TPSA) is 135 Å². The third kappa shape index (κ3) is 6.37. The summed E-state index contributed by atoms with van der Waals surface area (Å²) in [6, 6.07) is 4.89. The fraction of sp³-hybridized carbons (Fsp3) is 0.409. The number of urea groups is 1. The molecule has 0 unspecified atom stereocenters. The lowest BCUT2D eigenvalue weighted by molar-refractivity contribution is -0.143. The highest BCUT2D eigenvalue weighted by Crippen LogP contribution is 2.26. The van der Waals surface area contributed by atoms with Crippen molar-refractivity contribution in [2.24, 2.45) is 5.73 Å². The fourth-order valence-electron chi connectivity index (χ4n) is 3.39. The highest BCUT2D eigenvalue weighted by molar-refractivity contribution is 5.94. The second-order valence-corrected chi connectivity index (χ2v) is 7.88. The molecule has 2 aromatic rings. The van der Waals surface area contributed by atoms with Gasteiger partial charge in [-0.2, -0.15) is 0 Å². The molecule has 176 valence electrons. The number of halogens is 1. The molecule has 1 aliphatic heterocycles. The molecular formula is C22H27FN6O4. The summed E-state index contributed by atoms with van der Waals surface area (Å²) in [5.41, 5.74) is 6.05. The highest BCUT2D eigenvalue weighted by Gasteiger charge is 2.25. The van der Waals surface area contributed by atoms with Crippen LogP contribution in [0.2, 0.25) is 0 Å². The molecule has 11 heteroatoms. The van der Waals surface area contributed by atoms with Gasteiger partial charge in [0.15, 0.2) is 0 Å². The minimum Gasteiger partial charge on any atom is -0.460 e. The van der Waals surface area contributed by atoms with E-state index in [9.17, 15) is 14.0 Å². The van der Waals surface area contributed by atoms with E-state index in [2.05, 4.69) is 9.97 Å². The van der Waals surface area contributed by atoms with Crippen LogP contribution in [0.5, 0.6) is 6.01 Å². The van der Waals surface area contributed by atoms with Crippen LogP contribution in [0.15, 0.2) is 30.6 Å². The number of nitrogens with two attached hydrogens (primary N) is 1. The highest BCUT2D eigenvalue weighted by atomic mass is 19.1. The zero-order valence-electron chi connectivity index (χ0n) is 18.6. The van der Waals surface area contributed by atoms with Gasteiger partial charge in [0, 0.05) is 69.1 Å². The number of aromatic nitrogens is 2. The smallest absolute Gasteiger partial charge is 0.319 e. The van der Waals surface area contributed by atoms with Crippen LogP contribution < -0.4 is 10.5 Å². The van der Waals surface area contributed by atoms with Crippen molar-refractivity contribution in [2.45, 2.75) is 32.0 Å². The Labute approximate surface area is 191 Å². The number of carbonyl (C=O) groups excluding carboxylic acids is 2. The summed E-state index contributed by atoms with van der Waals surface area (Å²) in [4.78, 5) is 35.3. The van der Waals surface area contributed by atoms with Crippen LogP contribution in [0.25, 0.3) is 11.1 Å². The average molecular weight is 458 g/mol. The second kappa shape index (κ2) is 10.7. The summed E-state index contributed by atoms with van der Waals surface area (Å²) in [6.07, 6.45) is 3.83. The lowest BCUT2D eigenvalue weighted by atomic mass is 10.1. The van der Waals surface area contributed by atoms with Crippen molar-refractivity contribution in [1.29, 1.82) is 5.41 Å². The van der Waals surface area contributed by atoms with Gasteiger partial charge >= 0.3 is 18.0 Å². The number of esters is 1. The first-order chi connectivity index (χ1) is 15.7. The summed E-state index contributed by atoms with van der Waals surface area (Å²) < 4.78 is 25.7. The number of amidine groups is 1. The van der Waals surface area contributed by atoms with Gasteiger partial charge in [-0.3, -0.25) is 10.2 Å². The van der Waals surface area contributed by atoms with Crippen LogP contribution >= 0.6 is 0 Å². The number of benzene rings is 1. The van der Waals surface area contributed by atoms with Gasteiger partial charge in [0.1, 0.15) is 30.8 Å². The molecule has 3 rings (SSSR count). The Bertz CT molecular complexity index is 1010. The lowest BCUT2D eigenvalue weighted by Gasteiger charge is -2.33. The number of likely N-dealkylation sites (tertiary alicyclic amines) is 1. The Morgan fingerprint density at radius 2 is 1.91 bits per heavy atom. The number of rotatable bonds is 7. The maximum Gasteiger partial charge on any atom is 0.319 e. The van der Waals surface area contributed by atoms with E-state index in [1.54, 1.807) is 36.0 Å². The number of carbonyl (C=O) groups is 2. The Hall–Kier alpha value is -3.76. The molecule has 0 aliphatic carbocycles. The van der Waals surface area contributed by atoms with Crippen molar-refractivity contribution in [1.82, 2.24) is 19.8 Å². The third-order valence-electron chi connectivity index (χ3n) is 5.11. The van der Waals surface area contributed by atoms with Gasteiger partial charge in [0.05, 0.1) is 0 Å². The number of nitrogens with one attached hydrogen (secondary N) is 1. The molecule has 2 heterocycles. The van der Waals surface area contributed by atoms with Gasteiger partial charge < -0.3 is 25.0 Å². The predicted octanol–water partition coefficient (Wildman–Crippen LogP) is 2.18. The minimum absolute atomic E-state index is 0.0214. The zero-order valence-corrected chi connectivity index (χ0v) is 18.6. The molecule has 33 heavy (non-hydrogen) atoms. The van der Waals surface area contributed by atoms with Gasteiger partial charge in [0.2, 0.25) is 0 Å². The van der Waals surface area contributed by atoms with Gasteiger partial charge in [-0.25, -0.2) is 19.2 Å². The number of nitrogens with zero attached hydrogens (tertiary/aromatic N) is 4. The van der Waals surface area contributed by atoms with E-state index in [-0.39, 0.29) is 48.1 Å². The van der Waals surface area contributed by atoms with Crippen molar-refractivity contribution in [2.75, 3.05) is 27.2 Å². The van der Waals surface area contributed by atoms with Crippen LogP contribution in [0.3, 0.4) is 0 Å². The number of ether oxygens (including phenoxy) is 2. The van der Waals surface area contributed by atoms with Crippen molar-refractivity contribution in [3.63, 3.8) is 0 Å². The first-order valence-electron chi connectivity index (χ1n) is 10.5. The largest absolute Gasteiger partial charge is 0.460 e. The van der Waals surface area contributed by atoms with Gasteiger partial charge in [-0.05, 0) is 0 Å². The molecule has 10 nitrogen and oxygen atoms in total. The SMILES string of the molecule is CN(C)C(=O)N1CCC(Oc2ncc(-c3cccc(COC(=O)CC(=N)N)c3F)cn2)CC1. The Morgan fingerprint density at radius 1 is 1.24 bits per heavy atom. The molecule has 2 amide bonds. The normalized spacial score (nSPS) is 14.0. The summed E-state index contributed by atoms with van der Waals surface area (Å²) in [5, 5.41) is 7.10. The van der Waals surface area contributed by atoms with E-state index >= 15 is 0 Å². The van der Waals surface area contributed by atoms with Gasteiger partial charge in [-0.1, -0.05) is 18.2 Å². The minimum atomic E-state index is -0.700. The Balaban J connectivity index is 1.59. The average Bonchev–Trinajstić information content (AvgIpc) is 2.78. The molecule has 1 saturated heterocycles. The van der Waals surface area contributed by atoms with Crippen LogP contribution in [-0.2, 0) is 16.1 Å². The maximum absolute atomic E-state index is 14.9. The summed E-state index contributed by atoms with van der Waals surface area (Å²) >= 11 is 0. The monoisotopic (exact) mass is 458 g/mol. The quantitative estimate of drug-likeness (QED) is 0.369. The van der Waals surface area contributed by atoms with Gasteiger partial charge in [0.25, 0.3) is 0 Å². The predicted molar refractivity (Wildman–Crippen MR) is 118 cm³/mol. The van der Waals surface area contributed by atoms with Crippen molar-refractivity contribution >= 4 is 17.8 Å². The van der Waals surface area contributed by atoms with Crippen LogP contribution in [0.4, 0.5) is 9.18 Å². The van der Waals surface area contributed by atoms with Crippen molar-refractivity contribution in [3.05, 3.63) is 42.0 Å².